The molecule has 2 saturated heterocycles. The van der Waals surface area contributed by atoms with Crippen LogP contribution in [-0.2, 0) is 19.0 Å². The zero-order valence-corrected chi connectivity index (χ0v) is 10.3. The van der Waals surface area contributed by atoms with E-state index in [1.807, 2.05) is 19.9 Å². The van der Waals surface area contributed by atoms with Gasteiger partial charge in [0.1, 0.15) is 12.2 Å². The molecule has 3 rings (SSSR count). The Hall–Kier alpha value is -0.910. The van der Waals surface area contributed by atoms with Crippen molar-refractivity contribution in [2.24, 2.45) is 0 Å². The molecule has 5 heteroatoms. The number of ether oxygens (including phenoxy) is 3. The fourth-order valence-electron chi connectivity index (χ4n) is 3.04. The second kappa shape index (κ2) is 3.54. The monoisotopic (exact) mass is 239 g/mol. The number of methoxy groups -OCH3 is 1. The lowest BCUT2D eigenvalue weighted by Crippen LogP contribution is -2.38. The van der Waals surface area contributed by atoms with E-state index >= 15 is 0 Å². The van der Waals surface area contributed by atoms with Crippen LogP contribution in [0.4, 0.5) is 0 Å². The van der Waals surface area contributed by atoms with Gasteiger partial charge in [-0.15, -0.1) is 0 Å². The van der Waals surface area contributed by atoms with Gasteiger partial charge in [-0.05, 0) is 13.8 Å². The molecule has 0 unspecified atom stereocenters. The topological polar surface area (TPSA) is 48.0 Å². The Morgan fingerprint density at radius 2 is 2.29 bits per heavy atom. The first-order valence-corrected chi connectivity index (χ1v) is 5.90. The van der Waals surface area contributed by atoms with Crippen molar-refractivity contribution in [3.8, 4) is 0 Å². The average Bonchev–Trinajstić information content (AvgIpc) is 2.85. The summed E-state index contributed by atoms with van der Waals surface area (Å²) in [6.45, 7) is 5.41. The van der Waals surface area contributed by atoms with Crippen LogP contribution in [0.25, 0.3) is 0 Å². The molecule has 0 aromatic rings. The molecule has 3 aliphatic rings. The first kappa shape index (κ1) is 11.2. The number of carbonyl (C=O) groups is 1. The van der Waals surface area contributed by atoms with Gasteiger partial charge in [-0.1, -0.05) is 6.08 Å². The normalized spacial score (nSPS) is 38.8. The van der Waals surface area contributed by atoms with E-state index in [1.54, 1.807) is 0 Å². The van der Waals surface area contributed by atoms with E-state index in [9.17, 15) is 4.79 Å². The number of carbonyl (C=O) groups excluding carboxylic acids is 1. The Balaban J connectivity index is 1.84. The molecule has 94 valence electrons. The molecule has 0 radical (unpaired) electrons. The minimum atomic E-state index is -0.550. The Kier molecular flexibility index (Phi) is 2.33. The second-order valence-corrected chi connectivity index (χ2v) is 5.19. The molecular formula is C12H17NO4. The van der Waals surface area contributed by atoms with Crippen molar-refractivity contribution in [1.29, 1.82) is 0 Å². The fourth-order valence-corrected chi connectivity index (χ4v) is 3.04. The summed E-state index contributed by atoms with van der Waals surface area (Å²) < 4.78 is 16.5. The molecule has 3 heterocycles. The number of esters is 1. The molecule has 0 aromatic carbocycles. The van der Waals surface area contributed by atoms with Crippen LogP contribution in [0, 0.1) is 0 Å². The predicted molar refractivity (Wildman–Crippen MR) is 59.3 cm³/mol. The molecule has 0 amide bonds. The highest BCUT2D eigenvalue weighted by molar-refractivity contribution is 5.90. The zero-order valence-electron chi connectivity index (χ0n) is 10.3. The van der Waals surface area contributed by atoms with Crippen molar-refractivity contribution >= 4 is 5.97 Å². The highest BCUT2D eigenvalue weighted by Crippen LogP contribution is 2.41. The summed E-state index contributed by atoms with van der Waals surface area (Å²) >= 11 is 0. The van der Waals surface area contributed by atoms with Gasteiger partial charge in [0.2, 0.25) is 0 Å². The van der Waals surface area contributed by atoms with E-state index in [-0.39, 0.29) is 24.2 Å². The van der Waals surface area contributed by atoms with E-state index in [0.29, 0.717) is 5.57 Å². The predicted octanol–water partition coefficient (Wildman–Crippen LogP) is 0.304. The number of fused-ring (bicyclic) bond motifs is 3. The minimum absolute atomic E-state index is 0.00535. The molecular weight excluding hydrogens is 222 g/mol. The van der Waals surface area contributed by atoms with Gasteiger partial charge in [-0.25, -0.2) is 4.79 Å². The van der Waals surface area contributed by atoms with Gasteiger partial charge in [0, 0.05) is 13.1 Å². The smallest absolute Gasteiger partial charge is 0.335 e. The largest absolute Gasteiger partial charge is 0.466 e. The van der Waals surface area contributed by atoms with Crippen molar-refractivity contribution < 1.29 is 19.0 Å². The summed E-state index contributed by atoms with van der Waals surface area (Å²) in [5.41, 5.74) is 0.710. The van der Waals surface area contributed by atoms with Crippen LogP contribution in [0.2, 0.25) is 0 Å². The van der Waals surface area contributed by atoms with Crippen molar-refractivity contribution in [2.75, 3.05) is 20.2 Å². The van der Waals surface area contributed by atoms with Crippen molar-refractivity contribution in [2.45, 2.75) is 37.9 Å². The number of rotatable bonds is 1. The molecule has 0 bridgehead atoms. The minimum Gasteiger partial charge on any atom is -0.466 e. The molecule has 17 heavy (non-hydrogen) atoms. The second-order valence-electron chi connectivity index (χ2n) is 5.19. The molecule has 3 atom stereocenters. The summed E-state index contributed by atoms with van der Waals surface area (Å²) in [6, 6.07) is -0.00535. The summed E-state index contributed by atoms with van der Waals surface area (Å²) in [5, 5.41) is 0. The van der Waals surface area contributed by atoms with Gasteiger partial charge in [0.05, 0.1) is 18.7 Å². The Morgan fingerprint density at radius 3 is 3.00 bits per heavy atom. The summed E-state index contributed by atoms with van der Waals surface area (Å²) in [5.74, 6) is -0.808. The zero-order chi connectivity index (χ0) is 12.2. The number of hydrogen-bond acceptors (Lipinski definition) is 5. The van der Waals surface area contributed by atoms with Crippen molar-refractivity contribution in [3.05, 3.63) is 11.6 Å². The van der Waals surface area contributed by atoms with E-state index in [0.717, 1.165) is 13.1 Å². The molecule has 0 aliphatic carbocycles. The maximum atomic E-state index is 11.7. The van der Waals surface area contributed by atoms with E-state index < -0.39 is 5.79 Å². The van der Waals surface area contributed by atoms with Crippen LogP contribution in [0.3, 0.4) is 0 Å². The van der Waals surface area contributed by atoms with Crippen LogP contribution >= 0.6 is 0 Å². The van der Waals surface area contributed by atoms with Gasteiger partial charge in [-0.2, -0.15) is 0 Å². The average molecular weight is 239 g/mol. The number of hydrogen-bond donors (Lipinski definition) is 0. The molecule has 2 fully saturated rings. The highest BCUT2D eigenvalue weighted by atomic mass is 16.8. The Morgan fingerprint density at radius 1 is 1.53 bits per heavy atom. The first-order chi connectivity index (χ1) is 8.02. The standard InChI is InChI=1S/C12H17NO4/c1-12(2)16-8-6-13-5-4-7(11(14)15-3)9(13)10(8)17-12/h4,8-10H,5-6H2,1-3H3/t8-,9+,10-/m1/s1. The van der Waals surface area contributed by atoms with Crippen LogP contribution in [0.15, 0.2) is 11.6 Å². The maximum absolute atomic E-state index is 11.7. The third kappa shape index (κ3) is 1.61. The molecule has 5 nitrogen and oxygen atoms in total. The van der Waals surface area contributed by atoms with Gasteiger partial charge < -0.3 is 14.2 Å². The summed E-state index contributed by atoms with van der Waals surface area (Å²) in [6.07, 6.45) is 1.93. The lowest BCUT2D eigenvalue weighted by molar-refractivity contribution is -0.159. The van der Waals surface area contributed by atoms with E-state index in [1.165, 1.54) is 7.11 Å². The Labute approximate surface area is 100 Å². The number of nitrogens with zero attached hydrogens (tertiary/aromatic N) is 1. The van der Waals surface area contributed by atoms with Crippen LogP contribution in [0.1, 0.15) is 13.8 Å². The summed E-state index contributed by atoms with van der Waals surface area (Å²) in [7, 11) is 1.41. The van der Waals surface area contributed by atoms with Gasteiger partial charge in [0.15, 0.2) is 5.79 Å². The maximum Gasteiger partial charge on any atom is 0.335 e. The SMILES string of the molecule is COC(=O)C1=CCN2C[C@H]3OC(C)(C)O[C@H]3[C@H]12. The van der Waals surface area contributed by atoms with Crippen molar-refractivity contribution in [1.82, 2.24) is 4.90 Å². The van der Waals surface area contributed by atoms with Crippen LogP contribution < -0.4 is 0 Å². The van der Waals surface area contributed by atoms with E-state index in [4.69, 9.17) is 14.2 Å². The van der Waals surface area contributed by atoms with Crippen LogP contribution in [-0.4, -0.2) is 55.1 Å². The molecule has 0 N–H and O–H groups in total. The molecule has 0 saturated carbocycles. The fraction of sp³-hybridized carbons (Fsp3) is 0.750. The van der Waals surface area contributed by atoms with Gasteiger partial charge in [0.25, 0.3) is 0 Å². The highest BCUT2D eigenvalue weighted by Gasteiger charge is 2.55. The summed E-state index contributed by atoms with van der Waals surface area (Å²) in [4.78, 5) is 13.9. The molecule has 0 aromatic heterocycles. The van der Waals surface area contributed by atoms with Gasteiger partial charge in [-0.3, -0.25) is 4.90 Å². The quantitative estimate of drug-likeness (QED) is 0.616. The third-order valence-corrected chi connectivity index (χ3v) is 3.63. The first-order valence-electron chi connectivity index (χ1n) is 5.90. The Bertz CT molecular complexity index is 390. The lowest BCUT2D eigenvalue weighted by atomic mass is 10.0. The van der Waals surface area contributed by atoms with E-state index in [2.05, 4.69) is 4.90 Å². The third-order valence-electron chi connectivity index (χ3n) is 3.63. The molecule has 0 spiro atoms. The molecule has 3 aliphatic heterocycles. The van der Waals surface area contributed by atoms with Crippen LogP contribution in [0.5, 0.6) is 0 Å². The lowest BCUT2D eigenvalue weighted by Gasteiger charge is -2.25. The van der Waals surface area contributed by atoms with Gasteiger partial charge >= 0.3 is 5.97 Å². The van der Waals surface area contributed by atoms with Crippen molar-refractivity contribution in [3.63, 3.8) is 0 Å².